The number of nitrogens with zero attached hydrogens (tertiary/aromatic N) is 2. The predicted octanol–water partition coefficient (Wildman–Crippen LogP) is 4.64. The highest BCUT2D eigenvalue weighted by Crippen LogP contribution is 2.26. The summed E-state index contributed by atoms with van der Waals surface area (Å²) in [5, 5.41) is 9.67. The molecule has 1 aromatic carbocycles. The number of unbranched alkanes of at least 4 members (excludes halogenated alkanes) is 1. The molecule has 0 aliphatic carbocycles. The number of fused-ring (bicyclic) bond motifs is 1. The van der Waals surface area contributed by atoms with Gasteiger partial charge in [0.2, 0.25) is 0 Å². The first-order chi connectivity index (χ1) is 9.11. The van der Waals surface area contributed by atoms with E-state index < -0.39 is 0 Å². The van der Waals surface area contributed by atoms with Crippen LogP contribution in [0, 0.1) is 16.7 Å². The van der Waals surface area contributed by atoms with E-state index in [0.717, 1.165) is 41.3 Å². The summed E-state index contributed by atoms with van der Waals surface area (Å²) in [6.45, 7) is 3.97. The van der Waals surface area contributed by atoms with E-state index in [2.05, 4.69) is 11.1 Å². The number of oxazole rings is 1. The highest BCUT2D eigenvalue weighted by Gasteiger charge is 2.15. The van der Waals surface area contributed by atoms with Crippen molar-refractivity contribution in [3.63, 3.8) is 0 Å². The fourth-order valence-corrected chi connectivity index (χ4v) is 2.63. The van der Waals surface area contributed by atoms with Crippen LogP contribution in [0.25, 0.3) is 11.1 Å². The monoisotopic (exact) mass is 274 g/mol. The zero-order valence-electron chi connectivity index (χ0n) is 11.3. The molecular formula is C15H18N2OS. The molecule has 1 heterocycles. The van der Waals surface area contributed by atoms with Crippen LogP contribution >= 0.6 is 11.8 Å². The van der Waals surface area contributed by atoms with Gasteiger partial charge in [-0.05, 0) is 38.8 Å². The van der Waals surface area contributed by atoms with Crippen molar-refractivity contribution in [3.8, 4) is 6.07 Å². The third kappa shape index (κ3) is 4.00. The average molecular weight is 274 g/mol. The number of hydrogen-bond donors (Lipinski definition) is 0. The summed E-state index contributed by atoms with van der Waals surface area (Å²) in [5.41, 5.74) is 1.55. The van der Waals surface area contributed by atoms with Crippen LogP contribution < -0.4 is 0 Å². The highest BCUT2D eigenvalue weighted by atomic mass is 32.2. The van der Waals surface area contributed by atoms with E-state index >= 15 is 0 Å². The van der Waals surface area contributed by atoms with E-state index in [9.17, 15) is 0 Å². The molecule has 0 spiro atoms. The first-order valence-corrected chi connectivity index (χ1v) is 7.49. The molecule has 1 aromatic heterocycles. The Labute approximate surface area is 118 Å². The van der Waals surface area contributed by atoms with Crippen LogP contribution in [-0.2, 0) is 0 Å². The number of hydrogen-bond acceptors (Lipinski definition) is 4. The molecule has 0 bridgehead atoms. The number of aromatic nitrogens is 1. The predicted molar refractivity (Wildman–Crippen MR) is 78.0 cm³/mol. The van der Waals surface area contributed by atoms with Crippen LogP contribution in [0.5, 0.6) is 0 Å². The maximum absolute atomic E-state index is 8.93. The molecule has 0 aliphatic heterocycles. The second kappa shape index (κ2) is 6.12. The molecule has 0 saturated carbocycles. The SMILES string of the molecule is CC(C)(C#N)CCCCSc1nc2ccccc2o1. The molecule has 100 valence electrons. The van der Waals surface area contributed by atoms with Gasteiger partial charge < -0.3 is 4.42 Å². The molecule has 0 atom stereocenters. The fourth-order valence-electron chi connectivity index (χ4n) is 1.80. The second-order valence-electron chi connectivity index (χ2n) is 5.25. The van der Waals surface area contributed by atoms with Crippen LogP contribution in [0.3, 0.4) is 0 Å². The maximum atomic E-state index is 8.93. The Morgan fingerprint density at radius 3 is 2.84 bits per heavy atom. The topological polar surface area (TPSA) is 49.8 Å². The lowest BCUT2D eigenvalue weighted by atomic mass is 9.89. The Morgan fingerprint density at radius 2 is 2.11 bits per heavy atom. The molecule has 0 amide bonds. The van der Waals surface area contributed by atoms with E-state index in [4.69, 9.17) is 9.68 Å². The van der Waals surface area contributed by atoms with Crippen molar-refractivity contribution >= 4 is 22.9 Å². The van der Waals surface area contributed by atoms with Crippen molar-refractivity contribution in [2.75, 3.05) is 5.75 Å². The quantitative estimate of drug-likeness (QED) is 0.568. The zero-order valence-corrected chi connectivity index (χ0v) is 12.2. The standard InChI is InChI=1S/C15H18N2OS/c1-15(2,11-16)9-5-6-10-19-14-17-12-7-3-4-8-13(12)18-14/h3-4,7-8H,5-6,9-10H2,1-2H3. The van der Waals surface area contributed by atoms with Gasteiger partial charge in [0.1, 0.15) is 5.52 Å². The van der Waals surface area contributed by atoms with Gasteiger partial charge in [-0.15, -0.1) is 0 Å². The van der Waals surface area contributed by atoms with Crippen LogP contribution in [0.15, 0.2) is 33.9 Å². The lowest BCUT2D eigenvalue weighted by Crippen LogP contribution is -2.07. The van der Waals surface area contributed by atoms with Gasteiger partial charge in [-0.1, -0.05) is 30.3 Å². The average Bonchev–Trinajstić information content (AvgIpc) is 2.81. The summed E-state index contributed by atoms with van der Waals surface area (Å²) in [4.78, 5) is 4.42. The number of para-hydroxylation sites is 2. The van der Waals surface area contributed by atoms with Gasteiger partial charge >= 0.3 is 0 Å². The molecule has 0 N–H and O–H groups in total. The summed E-state index contributed by atoms with van der Waals surface area (Å²) in [5.74, 6) is 0.980. The summed E-state index contributed by atoms with van der Waals surface area (Å²) >= 11 is 1.64. The molecule has 0 aliphatic rings. The molecular weight excluding hydrogens is 256 g/mol. The first kappa shape index (κ1) is 14.0. The normalized spacial score (nSPS) is 11.6. The number of nitriles is 1. The Bertz CT molecular complexity index is 550. The van der Waals surface area contributed by atoms with E-state index in [-0.39, 0.29) is 5.41 Å². The highest BCUT2D eigenvalue weighted by molar-refractivity contribution is 7.99. The third-order valence-electron chi connectivity index (χ3n) is 3.00. The summed E-state index contributed by atoms with van der Waals surface area (Å²) in [6, 6.07) is 10.1. The molecule has 4 heteroatoms. The summed E-state index contributed by atoms with van der Waals surface area (Å²) in [7, 11) is 0. The lowest BCUT2D eigenvalue weighted by molar-refractivity contribution is 0.432. The minimum absolute atomic E-state index is 0.206. The lowest BCUT2D eigenvalue weighted by Gasteiger charge is -2.13. The smallest absolute Gasteiger partial charge is 0.256 e. The van der Waals surface area contributed by atoms with Crippen LogP contribution in [-0.4, -0.2) is 10.7 Å². The van der Waals surface area contributed by atoms with Crippen molar-refractivity contribution < 1.29 is 4.42 Å². The van der Waals surface area contributed by atoms with E-state index in [1.807, 2.05) is 38.1 Å². The molecule has 0 saturated heterocycles. The van der Waals surface area contributed by atoms with Gasteiger partial charge in [-0.3, -0.25) is 0 Å². The van der Waals surface area contributed by atoms with Crippen molar-refractivity contribution in [1.82, 2.24) is 4.98 Å². The van der Waals surface area contributed by atoms with Gasteiger partial charge in [0, 0.05) is 5.75 Å². The fraction of sp³-hybridized carbons (Fsp3) is 0.467. The molecule has 0 fully saturated rings. The molecule has 2 aromatic rings. The van der Waals surface area contributed by atoms with Crippen LogP contribution in [0.1, 0.15) is 33.1 Å². The summed E-state index contributed by atoms with van der Waals surface area (Å²) < 4.78 is 5.64. The Balaban J connectivity index is 1.76. The van der Waals surface area contributed by atoms with Gasteiger partial charge in [0.15, 0.2) is 5.58 Å². The van der Waals surface area contributed by atoms with Crippen molar-refractivity contribution in [2.24, 2.45) is 5.41 Å². The van der Waals surface area contributed by atoms with Crippen LogP contribution in [0.4, 0.5) is 0 Å². The number of rotatable bonds is 6. The van der Waals surface area contributed by atoms with Crippen molar-refractivity contribution in [2.45, 2.75) is 38.3 Å². The number of benzene rings is 1. The summed E-state index contributed by atoms with van der Waals surface area (Å²) in [6.07, 6.45) is 3.08. The van der Waals surface area contributed by atoms with Gasteiger partial charge in [0.25, 0.3) is 5.22 Å². The minimum Gasteiger partial charge on any atom is -0.431 e. The van der Waals surface area contributed by atoms with E-state index in [1.165, 1.54) is 0 Å². The minimum atomic E-state index is -0.206. The van der Waals surface area contributed by atoms with Crippen molar-refractivity contribution in [3.05, 3.63) is 24.3 Å². The Kier molecular flexibility index (Phi) is 4.49. The molecule has 0 radical (unpaired) electrons. The Hall–Kier alpha value is -1.47. The number of thioether (sulfide) groups is 1. The van der Waals surface area contributed by atoms with E-state index in [1.54, 1.807) is 11.8 Å². The molecule has 2 rings (SSSR count). The maximum Gasteiger partial charge on any atom is 0.256 e. The zero-order chi connectivity index (χ0) is 13.7. The first-order valence-electron chi connectivity index (χ1n) is 6.50. The molecule has 19 heavy (non-hydrogen) atoms. The molecule has 0 unspecified atom stereocenters. The second-order valence-corrected chi connectivity index (χ2v) is 6.29. The molecule has 3 nitrogen and oxygen atoms in total. The van der Waals surface area contributed by atoms with Gasteiger partial charge in [-0.2, -0.15) is 5.26 Å². The third-order valence-corrected chi connectivity index (χ3v) is 3.91. The van der Waals surface area contributed by atoms with Gasteiger partial charge in [0.05, 0.1) is 11.5 Å². The van der Waals surface area contributed by atoms with Gasteiger partial charge in [-0.25, -0.2) is 4.98 Å². The van der Waals surface area contributed by atoms with E-state index in [0.29, 0.717) is 0 Å². The van der Waals surface area contributed by atoms with Crippen molar-refractivity contribution in [1.29, 1.82) is 5.26 Å². The Morgan fingerprint density at radius 1 is 1.32 bits per heavy atom. The largest absolute Gasteiger partial charge is 0.431 e. The van der Waals surface area contributed by atoms with Crippen LogP contribution in [0.2, 0.25) is 0 Å².